The summed E-state index contributed by atoms with van der Waals surface area (Å²) in [5.41, 5.74) is 0.323. The second-order valence-corrected chi connectivity index (χ2v) is 4.00. The van der Waals surface area contributed by atoms with Crippen LogP contribution in [0.2, 0.25) is 0 Å². The third-order valence-electron chi connectivity index (χ3n) is 2.69. The van der Waals surface area contributed by atoms with Crippen molar-refractivity contribution in [2.75, 3.05) is 19.6 Å². The van der Waals surface area contributed by atoms with Crippen molar-refractivity contribution in [3.63, 3.8) is 0 Å². The highest BCUT2D eigenvalue weighted by molar-refractivity contribution is 5.96. The van der Waals surface area contributed by atoms with E-state index in [-0.39, 0.29) is 11.7 Å². The smallest absolute Gasteiger partial charge is 0.257 e. The van der Waals surface area contributed by atoms with Gasteiger partial charge in [0.05, 0.1) is 11.8 Å². The summed E-state index contributed by atoms with van der Waals surface area (Å²) >= 11 is 0. The molecule has 1 atom stereocenters. The number of amides is 1. The fraction of sp³-hybridized carbons (Fsp3) is 0.455. The Balaban J connectivity index is 2.16. The maximum absolute atomic E-state index is 12.1. The van der Waals surface area contributed by atoms with Crippen LogP contribution in [0, 0.1) is 0 Å². The SMILES string of the molecule is C[C@@H]1CN(C(=O)c2ccncc2O)CCN1. The molecule has 1 fully saturated rings. The molecule has 0 unspecified atom stereocenters. The largest absolute Gasteiger partial charge is 0.505 e. The van der Waals surface area contributed by atoms with E-state index in [0.29, 0.717) is 24.7 Å². The summed E-state index contributed by atoms with van der Waals surface area (Å²) in [4.78, 5) is 17.6. The Morgan fingerprint density at radius 3 is 3.19 bits per heavy atom. The third-order valence-corrected chi connectivity index (χ3v) is 2.69. The van der Waals surface area contributed by atoms with Gasteiger partial charge in [0.15, 0.2) is 0 Å². The van der Waals surface area contributed by atoms with Gasteiger partial charge in [0.2, 0.25) is 0 Å². The fourth-order valence-electron chi connectivity index (χ4n) is 1.85. The number of nitrogens with one attached hydrogen (secondary N) is 1. The molecule has 0 radical (unpaired) electrons. The summed E-state index contributed by atoms with van der Waals surface area (Å²) in [5.74, 6) is -0.188. The quantitative estimate of drug-likeness (QED) is 0.712. The second-order valence-electron chi connectivity index (χ2n) is 4.00. The molecular formula is C11H15N3O2. The molecule has 0 aromatic carbocycles. The molecule has 0 spiro atoms. The molecule has 2 heterocycles. The monoisotopic (exact) mass is 221 g/mol. The van der Waals surface area contributed by atoms with Gasteiger partial charge in [0, 0.05) is 31.9 Å². The van der Waals surface area contributed by atoms with Crippen molar-refractivity contribution >= 4 is 5.91 Å². The van der Waals surface area contributed by atoms with Gasteiger partial charge in [0.25, 0.3) is 5.91 Å². The normalized spacial score (nSPS) is 20.8. The Morgan fingerprint density at radius 2 is 2.50 bits per heavy atom. The average Bonchev–Trinajstić information content (AvgIpc) is 2.29. The van der Waals surface area contributed by atoms with E-state index in [1.54, 1.807) is 11.0 Å². The molecule has 0 aliphatic carbocycles. The zero-order valence-corrected chi connectivity index (χ0v) is 9.18. The molecule has 0 saturated carbocycles. The van der Waals surface area contributed by atoms with Crippen LogP contribution in [-0.4, -0.2) is 46.6 Å². The number of aromatic nitrogens is 1. The van der Waals surface area contributed by atoms with E-state index in [1.807, 2.05) is 6.92 Å². The first-order valence-corrected chi connectivity index (χ1v) is 5.34. The molecule has 5 heteroatoms. The number of carbonyl (C=O) groups excluding carboxylic acids is 1. The number of hydrogen-bond donors (Lipinski definition) is 2. The van der Waals surface area contributed by atoms with Crippen molar-refractivity contribution in [2.45, 2.75) is 13.0 Å². The Bertz CT molecular complexity index is 395. The Labute approximate surface area is 94.1 Å². The Morgan fingerprint density at radius 1 is 1.69 bits per heavy atom. The highest BCUT2D eigenvalue weighted by atomic mass is 16.3. The van der Waals surface area contributed by atoms with Crippen molar-refractivity contribution in [3.8, 4) is 5.75 Å². The maximum Gasteiger partial charge on any atom is 0.257 e. The number of aromatic hydroxyl groups is 1. The van der Waals surface area contributed by atoms with Crippen LogP contribution in [0.25, 0.3) is 0 Å². The zero-order chi connectivity index (χ0) is 11.5. The van der Waals surface area contributed by atoms with E-state index in [4.69, 9.17) is 0 Å². The fourth-order valence-corrected chi connectivity index (χ4v) is 1.85. The number of nitrogens with zero attached hydrogens (tertiary/aromatic N) is 2. The molecule has 1 saturated heterocycles. The number of hydrogen-bond acceptors (Lipinski definition) is 4. The lowest BCUT2D eigenvalue weighted by Gasteiger charge is -2.32. The maximum atomic E-state index is 12.1. The summed E-state index contributed by atoms with van der Waals surface area (Å²) in [6.07, 6.45) is 2.80. The van der Waals surface area contributed by atoms with Crippen LogP contribution < -0.4 is 5.32 Å². The van der Waals surface area contributed by atoms with Crippen LogP contribution in [0.5, 0.6) is 5.75 Å². The minimum Gasteiger partial charge on any atom is -0.505 e. The molecule has 1 aliphatic rings. The minimum atomic E-state index is -0.131. The van der Waals surface area contributed by atoms with Crippen molar-refractivity contribution in [3.05, 3.63) is 24.0 Å². The molecule has 1 amide bonds. The lowest BCUT2D eigenvalue weighted by atomic mass is 10.1. The van der Waals surface area contributed by atoms with Gasteiger partial charge in [-0.15, -0.1) is 0 Å². The van der Waals surface area contributed by atoms with Crippen LogP contribution >= 0.6 is 0 Å². The van der Waals surface area contributed by atoms with E-state index in [1.165, 1.54) is 12.4 Å². The van der Waals surface area contributed by atoms with Crippen molar-refractivity contribution in [2.24, 2.45) is 0 Å². The van der Waals surface area contributed by atoms with Gasteiger partial charge in [-0.25, -0.2) is 0 Å². The van der Waals surface area contributed by atoms with Gasteiger partial charge in [-0.2, -0.15) is 0 Å². The topological polar surface area (TPSA) is 65.5 Å². The van der Waals surface area contributed by atoms with Gasteiger partial charge >= 0.3 is 0 Å². The molecule has 2 rings (SSSR count). The van der Waals surface area contributed by atoms with Gasteiger partial charge in [-0.1, -0.05) is 0 Å². The first-order chi connectivity index (χ1) is 7.68. The molecule has 86 valence electrons. The molecule has 0 bridgehead atoms. The van der Waals surface area contributed by atoms with E-state index >= 15 is 0 Å². The predicted octanol–water partition coefficient (Wildman–Crippen LogP) is 0.221. The number of piperazine rings is 1. The average molecular weight is 221 g/mol. The van der Waals surface area contributed by atoms with Crippen LogP contribution in [0.3, 0.4) is 0 Å². The second kappa shape index (κ2) is 4.49. The molecule has 2 N–H and O–H groups in total. The lowest BCUT2D eigenvalue weighted by Crippen LogP contribution is -2.51. The first-order valence-electron chi connectivity index (χ1n) is 5.34. The molecule has 1 aliphatic heterocycles. The molecule has 5 nitrogen and oxygen atoms in total. The van der Waals surface area contributed by atoms with Gasteiger partial charge in [0.1, 0.15) is 5.75 Å². The standard InChI is InChI=1S/C11H15N3O2/c1-8-7-14(5-4-13-8)11(16)9-2-3-12-6-10(9)15/h2-3,6,8,13,15H,4-5,7H2,1H3/t8-/m1/s1. The predicted molar refractivity (Wildman–Crippen MR) is 59.3 cm³/mol. The lowest BCUT2D eigenvalue weighted by molar-refractivity contribution is 0.0706. The summed E-state index contributed by atoms with van der Waals surface area (Å²) in [7, 11) is 0. The summed E-state index contributed by atoms with van der Waals surface area (Å²) < 4.78 is 0. The van der Waals surface area contributed by atoms with Crippen LogP contribution in [0.1, 0.15) is 17.3 Å². The van der Waals surface area contributed by atoms with Crippen LogP contribution in [-0.2, 0) is 0 Å². The number of carbonyl (C=O) groups is 1. The zero-order valence-electron chi connectivity index (χ0n) is 9.18. The molecule has 1 aromatic heterocycles. The highest BCUT2D eigenvalue weighted by Crippen LogP contribution is 2.17. The summed E-state index contributed by atoms with van der Waals surface area (Å²) in [5, 5.41) is 12.8. The molecule has 1 aromatic rings. The van der Waals surface area contributed by atoms with E-state index in [2.05, 4.69) is 10.3 Å². The first kappa shape index (κ1) is 10.9. The van der Waals surface area contributed by atoms with E-state index in [9.17, 15) is 9.90 Å². The number of rotatable bonds is 1. The van der Waals surface area contributed by atoms with Crippen molar-refractivity contribution in [1.29, 1.82) is 0 Å². The van der Waals surface area contributed by atoms with Crippen molar-refractivity contribution in [1.82, 2.24) is 15.2 Å². The summed E-state index contributed by atoms with van der Waals surface area (Å²) in [6, 6.07) is 1.84. The van der Waals surface area contributed by atoms with Gasteiger partial charge in [-0.3, -0.25) is 9.78 Å². The highest BCUT2D eigenvalue weighted by Gasteiger charge is 2.23. The minimum absolute atomic E-state index is 0.0568. The summed E-state index contributed by atoms with van der Waals surface area (Å²) in [6.45, 7) is 4.16. The Hall–Kier alpha value is -1.62. The van der Waals surface area contributed by atoms with Crippen LogP contribution in [0.4, 0.5) is 0 Å². The van der Waals surface area contributed by atoms with Crippen molar-refractivity contribution < 1.29 is 9.90 Å². The van der Waals surface area contributed by atoms with E-state index < -0.39 is 0 Å². The van der Waals surface area contributed by atoms with E-state index in [0.717, 1.165) is 6.54 Å². The van der Waals surface area contributed by atoms with Crippen LogP contribution in [0.15, 0.2) is 18.5 Å². The molecule has 16 heavy (non-hydrogen) atoms. The molecular weight excluding hydrogens is 206 g/mol. The van der Waals surface area contributed by atoms with Gasteiger partial charge < -0.3 is 15.3 Å². The third kappa shape index (κ3) is 2.14. The number of pyridine rings is 1. The van der Waals surface area contributed by atoms with Gasteiger partial charge in [-0.05, 0) is 13.0 Å². The Kier molecular flexibility index (Phi) is 3.05.